The summed E-state index contributed by atoms with van der Waals surface area (Å²) < 4.78 is 20.5. The molecule has 0 spiro atoms. The van der Waals surface area contributed by atoms with Crippen LogP contribution in [0.2, 0.25) is 0 Å². The van der Waals surface area contributed by atoms with Crippen LogP contribution in [0.1, 0.15) is 81.6 Å². The Morgan fingerprint density at radius 3 is 1.83 bits per heavy atom. The SMILES string of the molecule is CCOC(C)OC(=O)CCOC(=O)CCOC(=O)C(C)(CC(C)(C)C)C(C)(C)C. The van der Waals surface area contributed by atoms with E-state index in [1.807, 2.05) is 27.7 Å². The summed E-state index contributed by atoms with van der Waals surface area (Å²) in [6.45, 7) is 17.9. The largest absolute Gasteiger partial charge is 0.465 e. The molecule has 0 heterocycles. The Labute approximate surface area is 175 Å². The Morgan fingerprint density at radius 1 is 0.828 bits per heavy atom. The van der Waals surface area contributed by atoms with E-state index < -0.39 is 23.6 Å². The Balaban J connectivity index is 4.40. The molecule has 0 aliphatic heterocycles. The average Bonchev–Trinajstić information content (AvgIpc) is 2.52. The van der Waals surface area contributed by atoms with E-state index in [2.05, 4.69) is 20.8 Å². The maximum atomic E-state index is 12.8. The van der Waals surface area contributed by atoms with E-state index in [4.69, 9.17) is 18.9 Å². The summed E-state index contributed by atoms with van der Waals surface area (Å²) in [5.41, 5.74) is -1.03. The first kappa shape index (κ1) is 27.4. The van der Waals surface area contributed by atoms with Gasteiger partial charge in [-0.05, 0) is 38.0 Å². The Kier molecular flexibility index (Phi) is 10.9. The summed E-state index contributed by atoms with van der Waals surface area (Å²) >= 11 is 0. The Bertz CT molecular complexity index is 542. The molecule has 0 rings (SSSR count). The van der Waals surface area contributed by atoms with Gasteiger partial charge in [0.1, 0.15) is 13.2 Å². The molecule has 0 aromatic heterocycles. The summed E-state index contributed by atoms with van der Waals surface area (Å²) in [6.07, 6.45) is -0.0924. The zero-order chi connectivity index (χ0) is 22.9. The lowest BCUT2D eigenvalue weighted by Crippen LogP contribution is -2.44. The molecule has 7 heteroatoms. The van der Waals surface area contributed by atoms with E-state index in [9.17, 15) is 14.4 Å². The highest BCUT2D eigenvalue weighted by Crippen LogP contribution is 2.47. The molecule has 0 aromatic rings. The molecular formula is C22H40O7. The first-order valence-electron chi connectivity index (χ1n) is 10.3. The average molecular weight is 417 g/mol. The molecule has 170 valence electrons. The molecule has 2 atom stereocenters. The second-order valence-corrected chi connectivity index (χ2v) is 9.69. The number of carbonyl (C=O) groups is 3. The van der Waals surface area contributed by atoms with Crippen LogP contribution in [0.15, 0.2) is 0 Å². The minimum atomic E-state index is -0.684. The number of ether oxygens (including phenoxy) is 4. The van der Waals surface area contributed by atoms with Crippen molar-refractivity contribution < 1.29 is 33.3 Å². The first-order chi connectivity index (χ1) is 13.1. The van der Waals surface area contributed by atoms with Gasteiger partial charge in [0.15, 0.2) is 6.29 Å². The van der Waals surface area contributed by atoms with Gasteiger partial charge in [0.25, 0.3) is 0 Å². The van der Waals surface area contributed by atoms with Gasteiger partial charge in [-0.2, -0.15) is 0 Å². The topological polar surface area (TPSA) is 88.1 Å². The van der Waals surface area contributed by atoms with Crippen LogP contribution in [0.5, 0.6) is 0 Å². The normalized spacial score (nSPS) is 15.2. The molecule has 0 aliphatic carbocycles. The highest BCUT2D eigenvalue weighted by Gasteiger charge is 2.47. The molecule has 2 unspecified atom stereocenters. The second-order valence-electron chi connectivity index (χ2n) is 9.69. The van der Waals surface area contributed by atoms with Gasteiger partial charge in [0.05, 0.1) is 18.3 Å². The summed E-state index contributed by atoms with van der Waals surface area (Å²) in [5.74, 6) is -1.36. The standard InChI is InChI=1S/C22H40O7/c1-10-26-16(2)29-18(24)12-13-27-17(23)11-14-28-19(25)22(9,21(6,7)8)15-20(3,4)5/h16H,10-15H2,1-9H3. The van der Waals surface area contributed by atoms with E-state index in [1.165, 1.54) is 0 Å². The molecule has 29 heavy (non-hydrogen) atoms. The molecular weight excluding hydrogens is 376 g/mol. The predicted molar refractivity (Wildman–Crippen MR) is 110 cm³/mol. The van der Waals surface area contributed by atoms with Crippen LogP contribution in [0.25, 0.3) is 0 Å². The summed E-state index contributed by atoms with van der Waals surface area (Å²) in [5, 5.41) is 0. The number of carbonyl (C=O) groups excluding carboxylic acids is 3. The van der Waals surface area contributed by atoms with Crippen LogP contribution in [-0.4, -0.2) is 44.0 Å². The van der Waals surface area contributed by atoms with Crippen molar-refractivity contribution in [3.8, 4) is 0 Å². The molecule has 0 aliphatic rings. The van der Waals surface area contributed by atoms with Gasteiger partial charge in [0, 0.05) is 6.61 Å². The quantitative estimate of drug-likeness (QED) is 0.282. The molecule has 0 bridgehead atoms. The maximum absolute atomic E-state index is 12.8. The van der Waals surface area contributed by atoms with Crippen molar-refractivity contribution in [2.24, 2.45) is 16.2 Å². The molecule has 0 saturated heterocycles. The molecule has 7 nitrogen and oxygen atoms in total. The first-order valence-corrected chi connectivity index (χ1v) is 10.3. The van der Waals surface area contributed by atoms with E-state index >= 15 is 0 Å². The maximum Gasteiger partial charge on any atom is 0.312 e. The summed E-state index contributed by atoms with van der Waals surface area (Å²) in [7, 11) is 0. The molecule has 0 saturated carbocycles. The molecule has 0 N–H and O–H groups in total. The number of rotatable bonds is 11. The van der Waals surface area contributed by atoms with Crippen LogP contribution in [-0.2, 0) is 33.3 Å². The number of hydrogen-bond donors (Lipinski definition) is 0. The van der Waals surface area contributed by atoms with Crippen molar-refractivity contribution in [2.75, 3.05) is 19.8 Å². The van der Waals surface area contributed by atoms with Crippen molar-refractivity contribution >= 4 is 17.9 Å². The van der Waals surface area contributed by atoms with Gasteiger partial charge >= 0.3 is 17.9 Å². The van der Waals surface area contributed by atoms with Crippen LogP contribution in [0, 0.1) is 16.2 Å². The van der Waals surface area contributed by atoms with Gasteiger partial charge in [-0.25, -0.2) is 0 Å². The van der Waals surface area contributed by atoms with Gasteiger partial charge in [-0.1, -0.05) is 41.5 Å². The third-order valence-electron chi connectivity index (χ3n) is 4.80. The minimum absolute atomic E-state index is 0.0474. The third-order valence-corrected chi connectivity index (χ3v) is 4.80. The third kappa shape index (κ3) is 10.6. The van der Waals surface area contributed by atoms with Crippen molar-refractivity contribution in [3.05, 3.63) is 0 Å². The highest BCUT2D eigenvalue weighted by atomic mass is 16.7. The monoisotopic (exact) mass is 416 g/mol. The van der Waals surface area contributed by atoms with Crippen LogP contribution in [0.4, 0.5) is 0 Å². The fraction of sp³-hybridized carbons (Fsp3) is 0.864. The second kappa shape index (κ2) is 11.5. The Morgan fingerprint density at radius 2 is 1.34 bits per heavy atom. The van der Waals surface area contributed by atoms with E-state index in [-0.39, 0.29) is 42.9 Å². The van der Waals surface area contributed by atoms with Crippen LogP contribution < -0.4 is 0 Å². The molecule has 0 fully saturated rings. The van der Waals surface area contributed by atoms with Crippen LogP contribution >= 0.6 is 0 Å². The fourth-order valence-corrected chi connectivity index (χ4v) is 2.92. The number of hydrogen-bond acceptors (Lipinski definition) is 7. The van der Waals surface area contributed by atoms with Gasteiger partial charge in [-0.15, -0.1) is 0 Å². The molecule has 0 aromatic carbocycles. The Hall–Kier alpha value is -1.63. The van der Waals surface area contributed by atoms with E-state index in [1.54, 1.807) is 13.8 Å². The van der Waals surface area contributed by atoms with Crippen molar-refractivity contribution in [1.29, 1.82) is 0 Å². The van der Waals surface area contributed by atoms with Gasteiger partial charge < -0.3 is 18.9 Å². The van der Waals surface area contributed by atoms with Gasteiger partial charge in [0.2, 0.25) is 0 Å². The zero-order valence-corrected chi connectivity index (χ0v) is 19.7. The van der Waals surface area contributed by atoms with Crippen molar-refractivity contribution in [2.45, 2.75) is 87.9 Å². The highest BCUT2D eigenvalue weighted by molar-refractivity contribution is 5.78. The summed E-state index contributed by atoms with van der Waals surface area (Å²) in [6, 6.07) is 0. The van der Waals surface area contributed by atoms with Crippen LogP contribution in [0.3, 0.4) is 0 Å². The van der Waals surface area contributed by atoms with Gasteiger partial charge in [-0.3, -0.25) is 14.4 Å². The number of esters is 3. The molecule has 0 radical (unpaired) electrons. The predicted octanol–water partition coefficient (Wildman–Crippen LogP) is 4.27. The lowest BCUT2D eigenvalue weighted by molar-refractivity contribution is -0.175. The summed E-state index contributed by atoms with van der Waals surface area (Å²) in [4.78, 5) is 36.2. The minimum Gasteiger partial charge on any atom is -0.465 e. The van der Waals surface area contributed by atoms with Crippen molar-refractivity contribution in [3.63, 3.8) is 0 Å². The lowest BCUT2D eigenvalue weighted by Gasteiger charge is -2.43. The van der Waals surface area contributed by atoms with E-state index in [0.29, 0.717) is 13.0 Å². The fourth-order valence-electron chi connectivity index (χ4n) is 2.92. The van der Waals surface area contributed by atoms with Crippen molar-refractivity contribution in [1.82, 2.24) is 0 Å². The zero-order valence-electron chi connectivity index (χ0n) is 19.7. The lowest BCUT2D eigenvalue weighted by atomic mass is 9.61. The smallest absolute Gasteiger partial charge is 0.312 e. The van der Waals surface area contributed by atoms with E-state index in [0.717, 1.165) is 0 Å². The molecule has 0 amide bonds.